The molecular weight excluding hydrogens is 484 g/mol. The fraction of sp³-hybridized carbons (Fsp3) is 0.579. The summed E-state index contributed by atoms with van der Waals surface area (Å²) in [5.74, 6) is 0.744. The van der Waals surface area contributed by atoms with E-state index in [1.54, 1.807) is 4.90 Å². The number of halogens is 4. The Kier molecular flexibility index (Phi) is 10.6. The highest BCUT2D eigenvalue weighted by Gasteiger charge is 2.25. The summed E-state index contributed by atoms with van der Waals surface area (Å²) in [6, 6.07) is 7.73. The zero-order valence-electron chi connectivity index (χ0n) is 16.0. The van der Waals surface area contributed by atoms with Gasteiger partial charge in [0.05, 0.1) is 6.54 Å². The summed E-state index contributed by atoms with van der Waals surface area (Å²) in [4.78, 5) is 18.0. The lowest BCUT2D eigenvalue weighted by Gasteiger charge is -2.16. The number of carbonyl (C=O) groups excluding carboxylic acids is 1. The molecule has 0 bridgehead atoms. The molecule has 1 aliphatic rings. The molecule has 1 aromatic carbocycles. The van der Waals surface area contributed by atoms with Crippen molar-refractivity contribution in [3.8, 4) is 0 Å². The number of hydrogen-bond acceptors (Lipinski definition) is 2. The molecule has 2 rings (SSSR count). The molecule has 0 unspecified atom stereocenters. The number of anilines is 1. The van der Waals surface area contributed by atoms with Crippen LogP contribution in [-0.4, -0.2) is 37.7 Å². The average molecular weight is 512 g/mol. The fourth-order valence-electron chi connectivity index (χ4n) is 2.87. The number of alkyl halides is 3. The van der Waals surface area contributed by atoms with E-state index in [2.05, 4.69) is 15.6 Å². The summed E-state index contributed by atoms with van der Waals surface area (Å²) in [5.41, 5.74) is 1.90. The van der Waals surface area contributed by atoms with E-state index in [1.807, 2.05) is 31.2 Å². The molecule has 28 heavy (non-hydrogen) atoms. The van der Waals surface area contributed by atoms with Crippen LogP contribution in [0.2, 0.25) is 0 Å². The van der Waals surface area contributed by atoms with Crippen LogP contribution in [0.25, 0.3) is 0 Å². The quantitative estimate of drug-likeness (QED) is 0.238. The number of guanidine groups is 1. The van der Waals surface area contributed by atoms with Crippen molar-refractivity contribution in [2.45, 2.75) is 51.7 Å². The third-order valence-corrected chi connectivity index (χ3v) is 4.26. The van der Waals surface area contributed by atoms with Crippen molar-refractivity contribution in [1.29, 1.82) is 0 Å². The van der Waals surface area contributed by atoms with Crippen LogP contribution in [0.5, 0.6) is 0 Å². The number of aliphatic imine (C=N–C) groups is 1. The first kappa shape index (κ1) is 24.5. The van der Waals surface area contributed by atoms with Gasteiger partial charge in [0.25, 0.3) is 0 Å². The van der Waals surface area contributed by atoms with Gasteiger partial charge in [-0.25, -0.2) is 4.99 Å². The van der Waals surface area contributed by atoms with Crippen molar-refractivity contribution < 1.29 is 18.0 Å². The van der Waals surface area contributed by atoms with Crippen molar-refractivity contribution in [3.63, 3.8) is 0 Å². The molecule has 0 atom stereocenters. The highest BCUT2D eigenvalue weighted by atomic mass is 127. The van der Waals surface area contributed by atoms with Crippen LogP contribution in [0.15, 0.2) is 29.3 Å². The van der Waals surface area contributed by atoms with E-state index in [0.29, 0.717) is 38.4 Å². The van der Waals surface area contributed by atoms with Crippen molar-refractivity contribution >= 4 is 41.5 Å². The number of rotatable bonds is 8. The van der Waals surface area contributed by atoms with E-state index in [-0.39, 0.29) is 36.3 Å². The van der Waals surface area contributed by atoms with Crippen LogP contribution < -0.4 is 15.5 Å². The maximum atomic E-state index is 12.1. The Morgan fingerprint density at radius 2 is 1.89 bits per heavy atom. The van der Waals surface area contributed by atoms with E-state index in [9.17, 15) is 18.0 Å². The predicted octanol–water partition coefficient (Wildman–Crippen LogP) is 4.22. The number of benzene rings is 1. The molecule has 1 aromatic rings. The minimum absolute atomic E-state index is 0. The van der Waals surface area contributed by atoms with Crippen LogP contribution in [-0.2, 0) is 11.3 Å². The highest BCUT2D eigenvalue weighted by molar-refractivity contribution is 14.0. The molecule has 1 fully saturated rings. The van der Waals surface area contributed by atoms with Crippen LogP contribution >= 0.6 is 24.0 Å². The lowest BCUT2D eigenvalue weighted by atomic mass is 10.2. The van der Waals surface area contributed by atoms with Crippen molar-refractivity contribution in [2.75, 3.05) is 24.5 Å². The van der Waals surface area contributed by atoms with Gasteiger partial charge in [-0.1, -0.05) is 12.1 Å². The van der Waals surface area contributed by atoms with Gasteiger partial charge >= 0.3 is 6.18 Å². The van der Waals surface area contributed by atoms with Crippen LogP contribution in [0, 0.1) is 0 Å². The van der Waals surface area contributed by atoms with Crippen LogP contribution in [0.3, 0.4) is 0 Å². The second-order valence-corrected chi connectivity index (χ2v) is 6.51. The van der Waals surface area contributed by atoms with Gasteiger partial charge in [-0.3, -0.25) is 4.79 Å². The Balaban J connectivity index is 0.00000392. The standard InChI is InChI=1S/C19H27F3N4O.HI/c1-2-23-18(24-12-4-3-11-19(20,21)22)25-14-15-7-9-16(10-8-15)26-13-5-6-17(26)27;/h7-10H,2-6,11-14H2,1H3,(H2,23,24,25);1H. The van der Waals surface area contributed by atoms with Gasteiger partial charge in [-0.05, 0) is 43.9 Å². The third-order valence-electron chi connectivity index (χ3n) is 4.26. The number of carbonyl (C=O) groups is 1. The maximum Gasteiger partial charge on any atom is 0.389 e. The van der Waals surface area contributed by atoms with E-state index in [4.69, 9.17) is 0 Å². The number of nitrogens with one attached hydrogen (secondary N) is 2. The Hall–Kier alpha value is -1.52. The average Bonchev–Trinajstić information content (AvgIpc) is 3.05. The van der Waals surface area contributed by atoms with Gasteiger partial charge in [0.2, 0.25) is 5.91 Å². The molecule has 2 N–H and O–H groups in total. The molecule has 9 heteroatoms. The van der Waals surface area contributed by atoms with Gasteiger partial charge in [-0.2, -0.15) is 13.2 Å². The molecule has 0 spiro atoms. The number of amides is 1. The molecule has 0 aliphatic carbocycles. The topological polar surface area (TPSA) is 56.7 Å². The summed E-state index contributed by atoms with van der Waals surface area (Å²) in [7, 11) is 0. The number of nitrogens with zero attached hydrogens (tertiary/aromatic N) is 2. The monoisotopic (exact) mass is 512 g/mol. The van der Waals surface area contributed by atoms with E-state index in [1.165, 1.54) is 0 Å². The number of hydrogen-bond donors (Lipinski definition) is 2. The summed E-state index contributed by atoms with van der Waals surface area (Å²) < 4.78 is 36.4. The van der Waals surface area contributed by atoms with Gasteiger partial charge in [-0.15, -0.1) is 24.0 Å². The summed E-state index contributed by atoms with van der Waals surface area (Å²) in [5, 5.41) is 6.14. The smallest absolute Gasteiger partial charge is 0.357 e. The molecule has 1 aliphatic heterocycles. The Labute approximate surface area is 181 Å². The first-order valence-electron chi connectivity index (χ1n) is 9.37. The van der Waals surface area contributed by atoms with Crippen molar-refractivity contribution in [2.24, 2.45) is 4.99 Å². The second kappa shape index (κ2) is 12.1. The molecule has 1 amide bonds. The van der Waals surface area contributed by atoms with E-state index in [0.717, 1.165) is 24.2 Å². The first-order chi connectivity index (χ1) is 12.9. The van der Waals surface area contributed by atoms with E-state index < -0.39 is 12.6 Å². The third kappa shape index (κ3) is 8.66. The lowest BCUT2D eigenvalue weighted by Crippen LogP contribution is -2.37. The summed E-state index contributed by atoms with van der Waals surface area (Å²) in [6.45, 7) is 4.26. The zero-order valence-corrected chi connectivity index (χ0v) is 18.3. The van der Waals surface area contributed by atoms with Gasteiger partial charge < -0.3 is 15.5 Å². The summed E-state index contributed by atoms with van der Waals surface area (Å²) >= 11 is 0. The van der Waals surface area contributed by atoms with Gasteiger partial charge in [0.1, 0.15) is 0 Å². The normalized spacial score (nSPS) is 14.8. The molecule has 5 nitrogen and oxygen atoms in total. The minimum Gasteiger partial charge on any atom is -0.357 e. The first-order valence-corrected chi connectivity index (χ1v) is 9.37. The SMILES string of the molecule is CCNC(=NCc1ccc(N2CCCC2=O)cc1)NCCCCC(F)(F)F.I. The Morgan fingerprint density at radius 3 is 2.46 bits per heavy atom. The predicted molar refractivity (Wildman–Crippen MR) is 116 cm³/mol. The van der Waals surface area contributed by atoms with Crippen LogP contribution in [0.1, 0.15) is 44.6 Å². The molecule has 1 heterocycles. The molecule has 0 aromatic heterocycles. The summed E-state index contributed by atoms with van der Waals surface area (Å²) in [6.07, 6.45) is -2.81. The van der Waals surface area contributed by atoms with Gasteiger partial charge in [0, 0.05) is 38.2 Å². The Bertz CT molecular complexity index is 635. The van der Waals surface area contributed by atoms with Crippen LogP contribution in [0.4, 0.5) is 18.9 Å². The molecule has 0 saturated carbocycles. The Morgan fingerprint density at radius 1 is 1.18 bits per heavy atom. The fourth-order valence-corrected chi connectivity index (χ4v) is 2.87. The molecular formula is C19H28F3IN4O. The van der Waals surface area contributed by atoms with Crippen molar-refractivity contribution in [3.05, 3.63) is 29.8 Å². The number of unbranched alkanes of at least 4 members (excludes halogenated alkanes) is 1. The molecule has 0 radical (unpaired) electrons. The zero-order chi connectivity index (χ0) is 19.7. The van der Waals surface area contributed by atoms with E-state index >= 15 is 0 Å². The lowest BCUT2D eigenvalue weighted by molar-refractivity contribution is -0.135. The second-order valence-electron chi connectivity index (χ2n) is 6.51. The molecule has 1 saturated heterocycles. The molecule has 158 valence electrons. The van der Waals surface area contributed by atoms with Crippen molar-refractivity contribution in [1.82, 2.24) is 10.6 Å². The minimum atomic E-state index is -4.09. The maximum absolute atomic E-state index is 12.1. The highest BCUT2D eigenvalue weighted by Crippen LogP contribution is 2.22. The largest absolute Gasteiger partial charge is 0.389 e. The van der Waals surface area contributed by atoms with Gasteiger partial charge in [0.15, 0.2) is 5.96 Å².